The molecule has 3 nitrogen and oxygen atoms in total. The second-order valence-corrected chi connectivity index (χ2v) is 11.7. The molecule has 0 spiro atoms. The lowest BCUT2D eigenvalue weighted by molar-refractivity contribution is 0.481. The Hall–Kier alpha value is -5.19. The summed E-state index contributed by atoms with van der Waals surface area (Å²) >= 11 is 1.82. The third kappa shape index (κ3) is 4.30. The molecule has 4 heteroatoms. The lowest BCUT2D eigenvalue weighted by Gasteiger charge is -2.40. The van der Waals surface area contributed by atoms with Gasteiger partial charge in [0.2, 0.25) is 0 Å². The van der Waals surface area contributed by atoms with Crippen LogP contribution >= 0.6 is 11.8 Å². The van der Waals surface area contributed by atoms with Gasteiger partial charge in [0, 0.05) is 33.1 Å². The molecule has 0 radical (unpaired) electrons. The molecule has 7 aromatic rings. The average Bonchev–Trinajstić information content (AvgIpc) is 3.07. The maximum Gasteiger partial charge on any atom is 0.128 e. The minimum absolute atomic E-state index is 0.603. The van der Waals surface area contributed by atoms with Crippen molar-refractivity contribution in [1.82, 2.24) is 9.97 Å². The minimum atomic E-state index is -0.603. The molecule has 2 aromatic heterocycles. The fraction of sp³-hybridized carbons (Fsp3) is 0.0256. The Kier molecular flexibility index (Phi) is 6.27. The van der Waals surface area contributed by atoms with E-state index in [1.807, 2.05) is 54.5 Å². The van der Waals surface area contributed by atoms with Gasteiger partial charge in [0.05, 0.1) is 16.8 Å². The highest BCUT2D eigenvalue weighted by Gasteiger charge is 2.45. The Morgan fingerprint density at radius 1 is 0.535 bits per heavy atom. The molecule has 0 saturated heterocycles. The van der Waals surface area contributed by atoms with E-state index in [-0.39, 0.29) is 0 Å². The van der Waals surface area contributed by atoms with Gasteiger partial charge in [-0.2, -0.15) is 0 Å². The van der Waals surface area contributed by atoms with E-state index in [1.54, 1.807) is 0 Å². The number of hydrogen-bond acceptors (Lipinski definition) is 4. The molecular weight excluding hydrogens is 545 g/mol. The quantitative estimate of drug-likeness (QED) is 0.206. The van der Waals surface area contributed by atoms with E-state index in [0.717, 1.165) is 44.8 Å². The Bertz CT molecular complexity index is 2060. The van der Waals surface area contributed by atoms with Gasteiger partial charge in [-0.25, -0.2) is 0 Å². The van der Waals surface area contributed by atoms with Gasteiger partial charge in [-0.15, -0.1) is 0 Å². The number of pyridine rings is 2. The summed E-state index contributed by atoms with van der Waals surface area (Å²) in [5.41, 5.74) is 5.89. The molecule has 3 heterocycles. The van der Waals surface area contributed by atoms with E-state index in [9.17, 15) is 0 Å². The van der Waals surface area contributed by atoms with Gasteiger partial charge in [-0.05, 0) is 76.7 Å². The predicted octanol–water partition coefficient (Wildman–Crippen LogP) is 9.94. The normalized spacial score (nSPS) is 13.2. The first kappa shape index (κ1) is 25.5. The van der Waals surface area contributed by atoms with Crippen LogP contribution in [0.5, 0.6) is 11.5 Å². The minimum Gasteiger partial charge on any atom is -0.457 e. The summed E-state index contributed by atoms with van der Waals surface area (Å²) in [6, 6.07) is 50.6. The first-order valence-corrected chi connectivity index (χ1v) is 15.1. The van der Waals surface area contributed by atoms with Gasteiger partial charge in [0.15, 0.2) is 0 Å². The van der Waals surface area contributed by atoms with Crippen LogP contribution in [0.1, 0.15) is 22.4 Å². The molecule has 0 bridgehead atoms. The van der Waals surface area contributed by atoms with Crippen molar-refractivity contribution >= 4 is 22.5 Å². The zero-order valence-electron chi connectivity index (χ0n) is 23.2. The standard InChI is InChI=1S/C39H26N2OS/c1-2-16-32-27(11-1)22-24-41-38(32)28-12-9-14-30(25-28)42-31-15-10-13-29(26-31)39(37-21-7-8-23-40-37)33-17-3-5-19-35(33)43-36-20-6-4-18-34(36)39/h1-26H. The number of fused-ring (bicyclic) bond motifs is 3. The third-order valence-corrected chi connectivity index (χ3v) is 9.29. The van der Waals surface area contributed by atoms with Crippen LogP contribution in [-0.4, -0.2) is 9.97 Å². The van der Waals surface area contributed by atoms with E-state index in [0.29, 0.717) is 0 Å². The van der Waals surface area contributed by atoms with Crippen LogP contribution in [0.3, 0.4) is 0 Å². The van der Waals surface area contributed by atoms with Crippen LogP contribution in [0.15, 0.2) is 168 Å². The molecule has 204 valence electrons. The Labute approximate surface area is 254 Å². The molecule has 43 heavy (non-hydrogen) atoms. The topological polar surface area (TPSA) is 35.0 Å². The summed E-state index contributed by atoms with van der Waals surface area (Å²) < 4.78 is 6.59. The van der Waals surface area contributed by atoms with Crippen molar-refractivity contribution < 1.29 is 4.74 Å². The molecular formula is C39H26N2OS. The van der Waals surface area contributed by atoms with E-state index in [2.05, 4.69) is 115 Å². The maximum absolute atomic E-state index is 6.59. The Balaban J connectivity index is 1.27. The number of hydrogen-bond donors (Lipinski definition) is 0. The van der Waals surface area contributed by atoms with E-state index >= 15 is 0 Å². The first-order valence-electron chi connectivity index (χ1n) is 14.3. The van der Waals surface area contributed by atoms with Crippen molar-refractivity contribution in [2.45, 2.75) is 15.2 Å². The zero-order valence-corrected chi connectivity index (χ0v) is 24.0. The average molecular weight is 571 g/mol. The second-order valence-electron chi connectivity index (χ2n) is 10.6. The van der Waals surface area contributed by atoms with E-state index in [4.69, 9.17) is 14.7 Å². The van der Waals surface area contributed by atoms with Gasteiger partial charge in [-0.1, -0.05) is 103 Å². The summed E-state index contributed by atoms with van der Waals surface area (Å²) in [4.78, 5) is 12.2. The summed E-state index contributed by atoms with van der Waals surface area (Å²) in [5, 5.41) is 2.28. The smallest absolute Gasteiger partial charge is 0.128 e. The van der Waals surface area contributed by atoms with Crippen molar-refractivity contribution in [2.75, 3.05) is 0 Å². The molecule has 1 aliphatic rings. The highest BCUT2D eigenvalue weighted by molar-refractivity contribution is 7.99. The van der Waals surface area contributed by atoms with Crippen LogP contribution in [0, 0.1) is 0 Å². The van der Waals surface area contributed by atoms with Crippen molar-refractivity contribution in [1.29, 1.82) is 0 Å². The van der Waals surface area contributed by atoms with Gasteiger partial charge in [-0.3, -0.25) is 9.97 Å². The van der Waals surface area contributed by atoms with Crippen LogP contribution in [0.2, 0.25) is 0 Å². The van der Waals surface area contributed by atoms with Crippen molar-refractivity contribution in [2.24, 2.45) is 0 Å². The highest BCUT2D eigenvalue weighted by Crippen LogP contribution is 2.55. The van der Waals surface area contributed by atoms with Crippen LogP contribution in [0.4, 0.5) is 0 Å². The highest BCUT2D eigenvalue weighted by atomic mass is 32.2. The summed E-state index contributed by atoms with van der Waals surface area (Å²) in [6.07, 6.45) is 3.75. The molecule has 0 saturated carbocycles. The number of nitrogens with zero attached hydrogens (tertiary/aromatic N) is 2. The van der Waals surface area contributed by atoms with Gasteiger partial charge >= 0.3 is 0 Å². The molecule has 8 rings (SSSR count). The van der Waals surface area contributed by atoms with Crippen molar-refractivity contribution in [3.8, 4) is 22.8 Å². The molecule has 5 aromatic carbocycles. The lowest BCUT2D eigenvalue weighted by atomic mass is 9.66. The van der Waals surface area contributed by atoms with Crippen LogP contribution in [-0.2, 0) is 5.41 Å². The Morgan fingerprint density at radius 3 is 2.02 bits per heavy atom. The predicted molar refractivity (Wildman–Crippen MR) is 174 cm³/mol. The molecule has 0 N–H and O–H groups in total. The molecule has 0 aliphatic carbocycles. The maximum atomic E-state index is 6.59. The summed E-state index contributed by atoms with van der Waals surface area (Å²) in [7, 11) is 0. The first-order chi connectivity index (χ1) is 21.3. The monoisotopic (exact) mass is 570 g/mol. The van der Waals surface area contributed by atoms with Crippen LogP contribution in [0.25, 0.3) is 22.0 Å². The van der Waals surface area contributed by atoms with Gasteiger partial charge in [0.1, 0.15) is 11.5 Å². The SMILES string of the molecule is c1ccc(C2(c3cccc(Oc4cccc(-c5nccc6ccccc56)c4)c3)c3ccccc3Sc3ccccc32)nc1. The van der Waals surface area contributed by atoms with E-state index < -0.39 is 5.41 Å². The number of rotatable bonds is 5. The summed E-state index contributed by atoms with van der Waals surface area (Å²) in [5.74, 6) is 1.53. The lowest BCUT2D eigenvalue weighted by Crippen LogP contribution is -2.34. The summed E-state index contributed by atoms with van der Waals surface area (Å²) in [6.45, 7) is 0. The van der Waals surface area contributed by atoms with Crippen molar-refractivity contribution in [3.63, 3.8) is 0 Å². The molecule has 0 atom stereocenters. The van der Waals surface area contributed by atoms with Gasteiger partial charge in [0.25, 0.3) is 0 Å². The zero-order chi connectivity index (χ0) is 28.6. The Morgan fingerprint density at radius 2 is 1.23 bits per heavy atom. The third-order valence-electron chi connectivity index (χ3n) is 8.14. The van der Waals surface area contributed by atoms with Crippen molar-refractivity contribution in [3.05, 3.63) is 180 Å². The largest absolute Gasteiger partial charge is 0.457 e. The fourth-order valence-electron chi connectivity index (χ4n) is 6.30. The molecule has 0 fully saturated rings. The molecule has 0 unspecified atom stereocenters. The van der Waals surface area contributed by atoms with E-state index in [1.165, 1.54) is 20.9 Å². The molecule has 1 aliphatic heterocycles. The van der Waals surface area contributed by atoms with Gasteiger partial charge < -0.3 is 4.74 Å². The number of aromatic nitrogens is 2. The fourth-order valence-corrected chi connectivity index (χ4v) is 7.49. The number of benzene rings is 5. The van der Waals surface area contributed by atoms with Crippen LogP contribution < -0.4 is 4.74 Å². The number of ether oxygens (including phenoxy) is 1. The molecule has 0 amide bonds. The second kappa shape index (κ2) is 10.6.